The van der Waals surface area contributed by atoms with Gasteiger partial charge in [-0.1, -0.05) is 18.2 Å². The average molecular weight is 396 g/mol. The molecule has 3 aromatic rings. The molecule has 142 valence electrons. The number of halogens is 1. The standard InChI is InChI=1S/C20H17FN4O2S/c21-12-9-13(22)11(8-15(12)25-20(27)14-5-6-18(26)24-14)19(23)17-7-10-3-1-2-4-16(10)28-17/h1-4,7-9,14,23H,5-6,22H2,(H,24,26)(H,25,27)/t14-/m1/s1. The Kier molecular flexibility index (Phi) is 4.56. The minimum Gasteiger partial charge on any atom is -0.398 e. The Labute approximate surface area is 164 Å². The van der Waals surface area contributed by atoms with Gasteiger partial charge in [-0.3, -0.25) is 15.0 Å². The molecule has 2 heterocycles. The van der Waals surface area contributed by atoms with Crippen LogP contribution in [-0.2, 0) is 9.59 Å². The molecule has 6 nitrogen and oxygen atoms in total. The van der Waals surface area contributed by atoms with E-state index in [9.17, 15) is 14.0 Å². The maximum Gasteiger partial charge on any atom is 0.247 e. The Morgan fingerprint density at radius 2 is 2.07 bits per heavy atom. The maximum atomic E-state index is 14.3. The van der Waals surface area contributed by atoms with Crippen LogP contribution in [0.25, 0.3) is 10.1 Å². The third kappa shape index (κ3) is 3.34. The van der Waals surface area contributed by atoms with Crippen LogP contribution < -0.4 is 16.4 Å². The quantitative estimate of drug-likeness (QED) is 0.401. The topological polar surface area (TPSA) is 108 Å². The van der Waals surface area contributed by atoms with Gasteiger partial charge in [0.25, 0.3) is 0 Å². The van der Waals surface area contributed by atoms with Gasteiger partial charge < -0.3 is 16.4 Å². The van der Waals surface area contributed by atoms with Crippen LogP contribution in [0.4, 0.5) is 15.8 Å². The second kappa shape index (κ2) is 7.05. The van der Waals surface area contributed by atoms with E-state index >= 15 is 0 Å². The number of anilines is 2. The Bertz CT molecular complexity index is 1090. The predicted molar refractivity (Wildman–Crippen MR) is 108 cm³/mol. The van der Waals surface area contributed by atoms with E-state index in [1.807, 2.05) is 30.3 Å². The molecule has 1 fully saturated rings. The highest BCUT2D eigenvalue weighted by atomic mass is 32.1. The second-order valence-electron chi connectivity index (χ2n) is 6.59. The van der Waals surface area contributed by atoms with Crippen molar-refractivity contribution in [3.63, 3.8) is 0 Å². The van der Waals surface area contributed by atoms with Gasteiger partial charge in [-0.2, -0.15) is 0 Å². The van der Waals surface area contributed by atoms with Crippen LogP contribution in [0.15, 0.2) is 42.5 Å². The number of thiophene rings is 1. The lowest BCUT2D eigenvalue weighted by molar-refractivity contribution is -0.122. The van der Waals surface area contributed by atoms with Crippen molar-refractivity contribution in [3.8, 4) is 0 Å². The van der Waals surface area contributed by atoms with E-state index in [0.717, 1.165) is 16.2 Å². The summed E-state index contributed by atoms with van der Waals surface area (Å²) in [5, 5.41) is 14.6. The number of rotatable bonds is 4. The van der Waals surface area contributed by atoms with Crippen molar-refractivity contribution >= 4 is 50.3 Å². The zero-order valence-electron chi connectivity index (χ0n) is 14.7. The summed E-state index contributed by atoms with van der Waals surface area (Å²) in [7, 11) is 0. The molecule has 0 bridgehead atoms. The van der Waals surface area contributed by atoms with Gasteiger partial charge in [-0.25, -0.2) is 4.39 Å². The van der Waals surface area contributed by atoms with Crippen molar-refractivity contribution < 1.29 is 14.0 Å². The molecule has 28 heavy (non-hydrogen) atoms. The first kappa shape index (κ1) is 18.1. The van der Waals surface area contributed by atoms with Crippen LogP contribution >= 0.6 is 11.3 Å². The molecule has 0 spiro atoms. The summed E-state index contributed by atoms with van der Waals surface area (Å²) in [6.45, 7) is 0. The van der Waals surface area contributed by atoms with E-state index in [1.54, 1.807) is 0 Å². The summed E-state index contributed by atoms with van der Waals surface area (Å²) in [6.07, 6.45) is 0.635. The molecule has 1 aliphatic rings. The normalized spacial score (nSPS) is 16.2. The number of benzene rings is 2. The summed E-state index contributed by atoms with van der Waals surface area (Å²) in [6, 6.07) is 11.4. The molecule has 0 saturated carbocycles. The van der Waals surface area contributed by atoms with Gasteiger partial charge in [0.2, 0.25) is 11.8 Å². The lowest BCUT2D eigenvalue weighted by atomic mass is 10.0. The first-order chi connectivity index (χ1) is 13.4. The molecule has 1 atom stereocenters. The fourth-order valence-electron chi connectivity index (χ4n) is 3.17. The van der Waals surface area contributed by atoms with Crippen molar-refractivity contribution in [1.82, 2.24) is 5.32 Å². The first-order valence-corrected chi connectivity index (χ1v) is 9.51. The number of nitrogens with one attached hydrogen (secondary N) is 3. The van der Waals surface area contributed by atoms with Crippen LogP contribution in [-0.4, -0.2) is 23.6 Å². The summed E-state index contributed by atoms with van der Waals surface area (Å²) >= 11 is 1.44. The maximum absolute atomic E-state index is 14.3. The smallest absolute Gasteiger partial charge is 0.247 e. The van der Waals surface area contributed by atoms with Crippen molar-refractivity contribution in [3.05, 3.63) is 58.7 Å². The molecule has 5 N–H and O–H groups in total. The Hall–Kier alpha value is -3.26. The highest BCUT2D eigenvalue weighted by molar-refractivity contribution is 7.21. The van der Waals surface area contributed by atoms with Crippen molar-refractivity contribution in [2.24, 2.45) is 0 Å². The van der Waals surface area contributed by atoms with Crippen LogP contribution in [0.2, 0.25) is 0 Å². The number of hydrogen-bond donors (Lipinski definition) is 4. The molecule has 4 rings (SSSR count). The van der Waals surface area contributed by atoms with Crippen LogP contribution in [0.5, 0.6) is 0 Å². The fraction of sp³-hybridized carbons (Fsp3) is 0.150. The average Bonchev–Trinajstić information content (AvgIpc) is 3.29. The lowest BCUT2D eigenvalue weighted by Gasteiger charge is -2.14. The van der Waals surface area contributed by atoms with Gasteiger partial charge in [-0.15, -0.1) is 11.3 Å². The van der Waals surface area contributed by atoms with Gasteiger partial charge >= 0.3 is 0 Å². The number of amides is 2. The summed E-state index contributed by atoms with van der Waals surface area (Å²) < 4.78 is 15.4. The molecule has 2 amide bonds. The Morgan fingerprint density at radius 1 is 1.29 bits per heavy atom. The third-order valence-electron chi connectivity index (χ3n) is 4.65. The third-order valence-corrected chi connectivity index (χ3v) is 5.78. The van der Waals surface area contributed by atoms with E-state index in [2.05, 4.69) is 10.6 Å². The van der Waals surface area contributed by atoms with E-state index in [1.165, 1.54) is 17.4 Å². The van der Waals surface area contributed by atoms with Crippen LogP contribution in [0.3, 0.4) is 0 Å². The van der Waals surface area contributed by atoms with Gasteiger partial charge in [0.1, 0.15) is 11.9 Å². The summed E-state index contributed by atoms with van der Waals surface area (Å²) in [4.78, 5) is 24.3. The molecule has 2 aromatic carbocycles. The molecule has 1 aliphatic heterocycles. The molecule has 0 aliphatic carbocycles. The second-order valence-corrected chi connectivity index (χ2v) is 7.67. The molecule has 8 heteroatoms. The molecular weight excluding hydrogens is 379 g/mol. The van der Waals surface area contributed by atoms with Gasteiger partial charge in [0, 0.05) is 22.4 Å². The minimum atomic E-state index is -0.692. The van der Waals surface area contributed by atoms with E-state index < -0.39 is 17.8 Å². The molecule has 1 saturated heterocycles. The molecule has 0 radical (unpaired) electrons. The highest BCUT2D eigenvalue weighted by Gasteiger charge is 2.28. The van der Waals surface area contributed by atoms with Crippen LogP contribution in [0, 0.1) is 11.2 Å². The number of nitrogen functional groups attached to an aromatic ring is 1. The van der Waals surface area contributed by atoms with Crippen molar-refractivity contribution in [2.45, 2.75) is 18.9 Å². The van der Waals surface area contributed by atoms with Crippen molar-refractivity contribution in [1.29, 1.82) is 5.41 Å². The van der Waals surface area contributed by atoms with E-state index in [-0.39, 0.29) is 29.4 Å². The van der Waals surface area contributed by atoms with Crippen LogP contribution in [0.1, 0.15) is 23.3 Å². The zero-order chi connectivity index (χ0) is 19.8. The highest BCUT2D eigenvalue weighted by Crippen LogP contribution is 2.30. The minimum absolute atomic E-state index is 0.0683. The molecular formula is C20H17FN4O2S. The van der Waals surface area contributed by atoms with Gasteiger partial charge in [0.15, 0.2) is 0 Å². The Morgan fingerprint density at radius 3 is 2.79 bits per heavy atom. The molecule has 0 unspecified atom stereocenters. The first-order valence-electron chi connectivity index (χ1n) is 8.69. The van der Waals surface area contributed by atoms with Crippen molar-refractivity contribution in [2.75, 3.05) is 11.1 Å². The monoisotopic (exact) mass is 396 g/mol. The summed E-state index contributed by atoms with van der Waals surface area (Å²) in [5.41, 5.74) is 6.49. The van der Waals surface area contributed by atoms with Gasteiger partial charge in [-0.05, 0) is 36.1 Å². The fourth-order valence-corrected chi connectivity index (χ4v) is 4.20. The van der Waals surface area contributed by atoms with Gasteiger partial charge in [0.05, 0.1) is 16.3 Å². The SMILES string of the molecule is N=C(c1cc2ccccc2s1)c1cc(NC(=O)[C@H]2CCC(=O)N2)c(F)cc1N. The number of carbonyl (C=O) groups excluding carboxylic acids is 2. The summed E-state index contributed by atoms with van der Waals surface area (Å²) in [5.74, 6) is -1.39. The number of carbonyl (C=O) groups is 2. The van der Waals surface area contributed by atoms with E-state index in [4.69, 9.17) is 11.1 Å². The zero-order valence-corrected chi connectivity index (χ0v) is 15.5. The Balaban J connectivity index is 1.63. The van der Waals surface area contributed by atoms with E-state index in [0.29, 0.717) is 16.9 Å². The predicted octanol–water partition coefficient (Wildman–Crippen LogP) is 3.26. The number of nitrogens with two attached hydrogens (primary N) is 1. The lowest BCUT2D eigenvalue weighted by Crippen LogP contribution is -2.37. The molecule has 1 aromatic heterocycles. The number of fused-ring (bicyclic) bond motifs is 1. The number of hydrogen-bond acceptors (Lipinski definition) is 5. The largest absolute Gasteiger partial charge is 0.398 e.